The Morgan fingerprint density at radius 3 is 2.63 bits per heavy atom. The van der Waals surface area contributed by atoms with Crippen molar-refractivity contribution in [2.24, 2.45) is 0 Å². The maximum Gasteiger partial charge on any atom is 0.325 e. The molecule has 0 fully saturated rings. The van der Waals surface area contributed by atoms with Gasteiger partial charge in [-0.05, 0) is 24.0 Å². The number of nitrogens with zero attached hydrogens (tertiary/aromatic N) is 2. The van der Waals surface area contributed by atoms with E-state index in [-0.39, 0.29) is 25.6 Å². The van der Waals surface area contributed by atoms with Crippen LogP contribution in [0.2, 0.25) is 0 Å². The summed E-state index contributed by atoms with van der Waals surface area (Å²) in [6, 6.07) is 17.1. The molecular formula is C20H21N3O3S. The molecule has 1 aromatic heterocycles. The molecule has 2 aromatic carbocycles. The van der Waals surface area contributed by atoms with Gasteiger partial charge in [0.15, 0.2) is 0 Å². The third-order valence-corrected chi connectivity index (χ3v) is 4.53. The second-order valence-corrected chi connectivity index (χ2v) is 6.82. The van der Waals surface area contributed by atoms with Crippen LogP contribution >= 0.6 is 11.8 Å². The van der Waals surface area contributed by atoms with Gasteiger partial charge in [-0.25, -0.2) is 4.98 Å². The number of hydrogen-bond donors (Lipinski definition) is 1. The van der Waals surface area contributed by atoms with E-state index < -0.39 is 5.97 Å². The molecular weight excluding hydrogens is 362 g/mol. The zero-order chi connectivity index (χ0) is 19.1. The van der Waals surface area contributed by atoms with Gasteiger partial charge in [-0.2, -0.15) is 11.8 Å². The normalized spacial score (nSPS) is 10.7. The standard InChI is InChI=1S/C20H21N3O3S/c1-27-14-18-22-16-9-5-6-10-17(16)23(18)12-19(24)21-11-20(25)26-13-15-7-3-2-4-8-15/h2-10H,11-14H2,1H3,(H,21,24). The molecule has 0 unspecified atom stereocenters. The Labute approximate surface area is 161 Å². The topological polar surface area (TPSA) is 73.2 Å². The molecule has 1 amide bonds. The maximum atomic E-state index is 12.3. The van der Waals surface area contributed by atoms with Crippen LogP contribution in [0.25, 0.3) is 11.0 Å². The van der Waals surface area contributed by atoms with Crippen LogP contribution in [0, 0.1) is 0 Å². The molecule has 1 N–H and O–H groups in total. The van der Waals surface area contributed by atoms with E-state index in [1.807, 2.05) is 65.4 Å². The summed E-state index contributed by atoms with van der Waals surface area (Å²) >= 11 is 1.64. The van der Waals surface area contributed by atoms with Crippen LogP contribution in [0.1, 0.15) is 11.4 Å². The molecule has 0 atom stereocenters. The van der Waals surface area contributed by atoms with Crippen LogP contribution in [0.4, 0.5) is 0 Å². The number of esters is 1. The van der Waals surface area contributed by atoms with Crippen LogP contribution in [0.5, 0.6) is 0 Å². The number of carbonyl (C=O) groups excluding carboxylic acids is 2. The van der Waals surface area contributed by atoms with E-state index in [1.54, 1.807) is 11.8 Å². The number of imidazole rings is 1. The van der Waals surface area contributed by atoms with E-state index in [9.17, 15) is 9.59 Å². The minimum absolute atomic E-state index is 0.113. The number of aromatic nitrogens is 2. The lowest BCUT2D eigenvalue weighted by Crippen LogP contribution is -2.33. The molecule has 0 bridgehead atoms. The van der Waals surface area contributed by atoms with E-state index in [4.69, 9.17) is 4.74 Å². The molecule has 0 aliphatic rings. The van der Waals surface area contributed by atoms with E-state index in [0.29, 0.717) is 5.75 Å². The highest BCUT2D eigenvalue weighted by molar-refractivity contribution is 7.97. The van der Waals surface area contributed by atoms with Gasteiger partial charge in [-0.15, -0.1) is 0 Å². The monoisotopic (exact) mass is 383 g/mol. The van der Waals surface area contributed by atoms with Crippen molar-refractivity contribution in [2.45, 2.75) is 18.9 Å². The number of nitrogens with one attached hydrogen (secondary N) is 1. The van der Waals surface area contributed by atoms with Crippen LogP contribution in [-0.4, -0.2) is 34.2 Å². The first-order chi connectivity index (χ1) is 13.2. The summed E-state index contributed by atoms with van der Waals surface area (Å²) in [5.41, 5.74) is 2.67. The fourth-order valence-corrected chi connectivity index (χ4v) is 3.18. The van der Waals surface area contributed by atoms with Crippen molar-refractivity contribution in [1.29, 1.82) is 0 Å². The summed E-state index contributed by atoms with van der Waals surface area (Å²) < 4.78 is 7.06. The van der Waals surface area contributed by atoms with E-state index in [0.717, 1.165) is 22.4 Å². The van der Waals surface area contributed by atoms with Gasteiger partial charge in [0, 0.05) is 0 Å². The van der Waals surface area contributed by atoms with Crippen molar-refractivity contribution < 1.29 is 14.3 Å². The smallest absolute Gasteiger partial charge is 0.325 e. The molecule has 0 saturated heterocycles. The predicted octanol–water partition coefficient (Wildman–Crippen LogP) is 2.76. The van der Waals surface area contributed by atoms with E-state index >= 15 is 0 Å². The van der Waals surface area contributed by atoms with Crippen molar-refractivity contribution in [3.05, 3.63) is 66.0 Å². The van der Waals surface area contributed by atoms with Crippen LogP contribution in [0.15, 0.2) is 54.6 Å². The van der Waals surface area contributed by atoms with Gasteiger partial charge in [0.05, 0.1) is 16.8 Å². The average molecular weight is 383 g/mol. The third-order valence-electron chi connectivity index (χ3n) is 3.98. The molecule has 3 aromatic rings. The van der Waals surface area contributed by atoms with Gasteiger partial charge < -0.3 is 14.6 Å². The predicted molar refractivity (Wildman–Crippen MR) is 106 cm³/mol. The summed E-state index contributed by atoms with van der Waals surface area (Å²) in [7, 11) is 0. The summed E-state index contributed by atoms with van der Waals surface area (Å²) in [4.78, 5) is 28.7. The summed E-state index contributed by atoms with van der Waals surface area (Å²) in [6.45, 7) is 0.151. The highest BCUT2D eigenvalue weighted by atomic mass is 32.2. The van der Waals surface area contributed by atoms with Crippen molar-refractivity contribution in [3.8, 4) is 0 Å². The van der Waals surface area contributed by atoms with Gasteiger partial charge in [-0.3, -0.25) is 9.59 Å². The average Bonchev–Trinajstić information content (AvgIpc) is 3.03. The summed E-state index contributed by atoms with van der Waals surface area (Å²) in [5, 5.41) is 2.62. The molecule has 0 spiro atoms. The number of hydrogen-bond acceptors (Lipinski definition) is 5. The number of ether oxygens (including phenoxy) is 1. The molecule has 0 saturated carbocycles. The van der Waals surface area contributed by atoms with E-state index in [1.165, 1.54) is 0 Å². The van der Waals surface area contributed by atoms with Gasteiger partial charge in [0.25, 0.3) is 0 Å². The summed E-state index contributed by atoms with van der Waals surface area (Å²) in [5.74, 6) is 0.829. The van der Waals surface area contributed by atoms with Gasteiger partial charge in [0.2, 0.25) is 5.91 Å². The molecule has 140 valence electrons. The number of thioether (sulfide) groups is 1. The number of amides is 1. The Bertz CT molecular complexity index is 925. The fourth-order valence-electron chi connectivity index (χ4n) is 2.70. The first-order valence-electron chi connectivity index (χ1n) is 8.56. The number of para-hydroxylation sites is 2. The van der Waals surface area contributed by atoms with Gasteiger partial charge in [0.1, 0.15) is 25.5 Å². The Morgan fingerprint density at radius 2 is 1.85 bits per heavy atom. The number of carbonyl (C=O) groups is 2. The second-order valence-electron chi connectivity index (χ2n) is 5.96. The molecule has 3 rings (SSSR count). The lowest BCUT2D eigenvalue weighted by Gasteiger charge is -2.10. The highest BCUT2D eigenvalue weighted by Crippen LogP contribution is 2.18. The lowest BCUT2D eigenvalue weighted by atomic mass is 10.2. The molecule has 6 nitrogen and oxygen atoms in total. The molecule has 0 aliphatic carbocycles. The van der Waals surface area contributed by atoms with Gasteiger partial charge in [-0.1, -0.05) is 42.5 Å². The van der Waals surface area contributed by atoms with Crippen LogP contribution < -0.4 is 5.32 Å². The second kappa shape index (κ2) is 9.23. The SMILES string of the molecule is CSCc1nc2ccccc2n1CC(=O)NCC(=O)OCc1ccccc1. The first kappa shape index (κ1) is 19.0. The number of fused-ring (bicyclic) bond motifs is 1. The summed E-state index contributed by atoms with van der Waals surface area (Å²) in [6.07, 6.45) is 1.99. The van der Waals surface area contributed by atoms with Crippen molar-refractivity contribution >= 4 is 34.7 Å². The van der Waals surface area contributed by atoms with Crippen molar-refractivity contribution in [3.63, 3.8) is 0 Å². The third kappa shape index (κ3) is 5.10. The zero-order valence-electron chi connectivity index (χ0n) is 15.1. The molecule has 7 heteroatoms. The zero-order valence-corrected chi connectivity index (χ0v) is 15.9. The molecule has 1 heterocycles. The van der Waals surface area contributed by atoms with Crippen LogP contribution in [0.3, 0.4) is 0 Å². The first-order valence-corrected chi connectivity index (χ1v) is 9.96. The molecule has 0 radical (unpaired) electrons. The Balaban J connectivity index is 1.55. The van der Waals surface area contributed by atoms with E-state index in [2.05, 4.69) is 10.3 Å². The number of rotatable bonds is 8. The maximum absolute atomic E-state index is 12.3. The molecule has 0 aliphatic heterocycles. The largest absolute Gasteiger partial charge is 0.460 e. The highest BCUT2D eigenvalue weighted by Gasteiger charge is 2.14. The minimum atomic E-state index is -0.466. The minimum Gasteiger partial charge on any atom is -0.460 e. The van der Waals surface area contributed by atoms with Crippen LogP contribution in [-0.2, 0) is 33.2 Å². The lowest BCUT2D eigenvalue weighted by molar-refractivity contribution is -0.145. The quantitative estimate of drug-likeness (QED) is 0.606. The fraction of sp³-hybridized carbons (Fsp3) is 0.250. The Morgan fingerprint density at radius 1 is 1.11 bits per heavy atom. The Kier molecular flexibility index (Phi) is 6.49. The van der Waals surface area contributed by atoms with Crippen molar-refractivity contribution in [2.75, 3.05) is 12.8 Å². The Hall–Kier alpha value is -2.80. The molecule has 27 heavy (non-hydrogen) atoms. The van der Waals surface area contributed by atoms with Crippen molar-refractivity contribution in [1.82, 2.24) is 14.9 Å². The number of benzene rings is 2. The van der Waals surface area contributed by atoms with Gasteiger partial charge >= 0.3 is 5.97 Å².